The highest BCUT2D eigenvalue weighted by molar-refractivity contribution is 7.11. The molecular formula is C17H22O2S. The van der Waals surface area contributed by atoms with E-state index in [0.717, 1.165) is 17.7 Å². The van der Waals surface area contributed by atoms with E-state index in [1.54, 1.807) is 11.3 Å². The van der Waals surface area contributed by atoms with Gasteiger partial charge in [-0.25, -0.2) is 0 Å². The SMILES string of the molecule is CCc1ccc(CC(O)c2ccc(OC(C)C)cc2)s1. The summed E-state index contributed by atoms with van der Waals surface area (Å²) in [5.41, 5.74) is 0.938. The first kappa shape index (κ1) is 15.1. The Morgan fingerprint density at radius 3 is 2.25 bits per heavy atom. The Labute approximate surface area is 125 Å². The van der Waals surface area contributed by atoms with Gasteiger partial charge in [0.25, 0.3) is 0 Å². The number of hydrogen-bond donors (Lipinski definition) is 1. The summed E-state index contributed by atoms with van der Waals surface area (Å²) >= 11 is 1.78. The molecule has 0 radical (unpaired) electrons. The Bertz CT molecular complexity index is 528. The highest BCUT2D eigenvalue weighted by Gasteiger charge is 2.10. The number of rotatable bonds is 6. The Hall–Kier alpha value is -1.32. The number of benzene rings is 1. The van der Waals surface area contributed by atoms with E-state index >= 15 is 0 Å². The fourth-order valence-corrected chi connectivity index (χ4v) is 3.07. The highest BCUT2D eigenvalue weighted by Crippen LogP contribution is 2.25. The Morgan fingerprint density at radius 2 is 1.70 bits per heavy atom. The van der Waals surface area contributed by atoms with Gasteiger partial charge in [-0.1, -0.05) is 19.1 Å². The molecule has 1 aromatic heterocycles. The van der Waals surface area contributed by atoms with Crippen LogP contribution in [0.15, 0.2) is 36.4 Å². The van der Waals surface area contributed by atoms with Crippen LogP contribution in [0.1, 0.15) is 42.2 Å². The Kier molecular flexibility index (Phi) is 5.21. The largest absolute Gasteiger partial charge is 0.491 e. The predicted molar refractivity (Wildman–Crippen MR) is 84.6 cm³/mol. The zero-order valence-electron chi connectivity index (χ0n) is 12.3. The second kappa shape index (κ2) is 6.91. The number of aliphatic hydroxyl groups excluding tert-OH is 1. The van der Waals surface area contributed by atoms with Crippen LogP contribution in [0, 0.1) is 0 Å². The molecule has 1 atom stereocenters. The van der Waals surface area contributed by atoms with Gasteiger partial charge in [0.2, 0.25) is 0 Å². The molecule has 2 rings (SSSR count). The molecular weight excluding hydrogens is 268 g/mol. The lowest BCUT2D eigenvalue weighted by molar-refractivity contribution is 0.179. The number of hydrogen-bond acceptors (Lipinski definition) is 3. The second-order valence-electron chi connectivity index (χ2n) is 5.18. The van der Waals surface area contributed by atoms with E-state index in [1.165, 1.54) is 9.75 Å². The number of aryl methyl sites for hydroxylation is 1. The van der Waals surface area contributed by atoms with Crippen LogP contribution in [-0.4, -0.2) is 11.2 Å². The summed E-state index contributed by atoms with van der Waals surface area (Å²) in [7, 11) is 0. The summed E-state index contributed by atoms with van der Waals surface area (Å²) in [5.74, 6) is 0.848. The molecule has 0 aliphatic rings. The summed E-state index contributed by atoms with van der Waals surface area (Å²) in [6.07, 6.45) is 1.45. The van der Waals surface area contributed by atoms with Crippen molar-refractivity contribution in [1.82, 2.24) is 0 Å². The molecule has 1 heterocycles. The van der Waals surface area contributed by atoms with E-state index in [4.69, 9.17) is 4.74 Å². The maximum atomic E-state index is 10.3. The van der Waals surface area contributed by atoms with Crippen molar-refractivity contribution < 1.29 is 9.84 Å². The summed E-state index contributed by atoms with van der Waals surface area (Å²) < 4.78 is 5.61. The minimum absolute atomic E-state index is 0.171. The zero-order valence-corrected chi connectivity index (χ0v) is 13.1. The minimum atomic E-state index is -0.452. The van der Waals surface area contributed by atoms with Crippen LogP contribution in [-0.2, 0) is 12.8 Å². The lowest BCUT2D eigenvalue weighted by Gasteiger charge is -2.13. The van der Waals surface area contributed by atoms with Crippen molar-refractivity contribution in [3.05, 3.63) is 51.7 Å². The van der Waals surface area contributed by atoms with Crippen LogP contribution >= 0.6 is 11.3 Å². The van der Waals surface area contributed by atoms with Gasteiger partial charge in [0.1, 0.15) is 5.75 Å². The van der Waals surface area contributed by atoms with Crippen molar-refractivity contribution in [3.8, 4) is 5.75 Å². The minimum Gasteiger partial charge on any atom is -0.491 e. The molecule has 0 spiro atoms. The smallest absolute Gasteiger partial charge is 0.119 e. The first-order valence-electron chi connectivity index (χ1n) is 7.10. The van der Waals surface area contributed by atoms with E-state index in [9.17, 15) is 5.11 Å². The molecule has 2 nitrogen and oxygen atoms in total. The molecule has 1 unspecified atom stereocenters. The molecule has 0 aliphatic heterocycles. The molecule has 0 saturated carbocycles. The van der Waals surface area contributed by atoms with Gasteiger partial charge in [0.05, 0.1) is 12.2 Å². The molecule has 0 saturated heterocycles. The van der Waals surface area contributed by atoms with Crippen LogP contribution in [0.3, 0.4) is 0 Å². The molecule has 0 fully saturated rings. The molecule has 108 valence electrons. The summed E-state index contributed by atoms with van der Waals surface area (Å²) in [6, 6.07) is 12.0. The van der Waals surface area contributed by atoms with Crippen molar-refractivity contribution >= 4 is 11.3 Å². The lowest BCUT2D eigenvalue weighted by Crippen LogP contribution is -2.06. The van der Waals surface area contributed by atoms with Gasteiger partial charge >= 0.3 is 0 Å². The van der Waals surface area contributed by atoms with Crippen molar-refractivity contribution in [1.29, 1.82) is 0 Å². The van der Waals surface area contributed by atoms with Crippen LogP contribution in [0.5, 0.6) is 5.75 Å². The molecule has 0 bridgehead atoms. The number of thiophene rings is 1. The third-order valence-corrected chi connectivity index (χ3v) is 4.35. The maximum Gasteiger partial charge on any atom is 0.119 e. The first-order chi connectivity index (χ1) is 9.58. The average molecular weight is 290 g/mol. The molecule has 1 N–H and O–H groups in total. The molecule has 3 heteroatoms. The molecule has 0 aliphatic carbocycles. The van der Waals surface area contributed by atoms with Gasteiger partial charge in [-0.05, 0) is 50.1 Å². The van der Waals surface area contributed by atoms with Crippen molar-refractivity contribution in [2.45, 2.75) is 45.8 Å². The van der Waals surface area contributed by atoms with Gasteiger partial charge in [-0.2, -0.15) is 0 Å². The molecule has 1 aromatic carbocycles. The molecule has 0 amide bonds. The summed E-state index contributed by atoms with van der Waals surface area (Å²) in [5, 5.41) is 10.3. The number of ether oxygens (including phenoxy) is 1. The molecule has 20 heavy (non-hydrogen) atoms. The second-order valence-corrected chi connectivity index (χ2v) is 6.43. The van der Waals surface area contributed by atoms with E-state index in [0.29, 0.717) is 6.42 Å². The van der Waals surface area contributed by atoms with E-state index in [2.05, 4.69) is 19.1 Å². The van der Waals surface area contributed by atoms with Gasteiger partial charge in [-0.3, -0.25) is 0 Å². The fraction of sp³-hybridized carbons (Fsp3) is 0.412. The zero-order chi connectivity index (χ0) is 14.5. The van der Waals surface area contributed by atoms with Crippen molar-refractivity contribution in [2.75, 3.05) is 0 Å². The van der Waals surface area contributed by atoms with E-state index < -0.39 is 6.10 Å². The fourth-order valence-electron chi connectivity index (χ4n) is 2.07. The average Bonchev–Trinajstić information content (AvgIpc) is 2.86. The lowest BCUT2D eigenvalue weighted by atomic mass is 10.1. The highest BCUT2D eigenvalue weighted by atomic mass is 32.1. The third kappa shape index (κ3) is 4.09. The van der Waals surface area contributed by atoms with Gasteiger partial charge < -0.3 is 9.84 Å². The normalized spacial score (nSPS) is 12.7. The topological polar surface area (TPSA) is 29.5 Å². The standard InChI is InChI=1S/C17H22O2S/c1-4-15-9-10-16(20-15)11-17(18)13-5-7-14(8-6-13)19-12(2)3/h5-10,12,17-18H,4,11H2,1-3H3. The Morgan fingerprint density at radius 1 is 1.05 bits per heavy atom. The number of aliphatic hydroxyl groups is 1. The van der Waals surface area contributed by atoms with Crippen molar-refractivity contribution in [3.63, 3.8) is 0 Å². The van der Waals surface area contributed by atoms with Crippen molar-refractivity contribution in [2.24, 2.45) is 0 Å². The quantitative estimate of drug-likeness (QED) is 0.856. The van der Waals surface area contributed by atoms with E-state index in [-0.39, 0.29) is 6.10 Å². The predicted octanol–water partition coefficient (Wildman–Crippen LogP) is 4.37. The van der Waals surface area contributed by atoms with Crippen LogP contribution in [0.2, 0.25) is 0 Å². The summed E-state index contributed by atoms with van der Waals surface area (Å²) in [4.78, 5) is 2.60. The third-order valence-electron chi connectivity index (χ3n) is 3.10. The van der Waals surface area contributed by atoms with Gasteiger partial charge in [0.15, 0.2) is 0 Å². The monoisotopic (exact) mass is 290 g/mol. The first-order valence-corrected chi connectivity index (χ1v) is 7.92. The summed E-state index contributed by atoms with van der Waals surface area (Å²) in [6.45, 7) is 6.16. The molecule has 2 aromatic rings. The van der Waals surface area contributed by atoms with Crippen LogP contribution < -0.4 is 4.74 Å². The maximum absolute atomic E-state index is 10.3. The Balaban J connectivity index is 1.99. The van der Waals surface area contributed by atoms with Crippen LogP contribution in [0.4, 0.5) is 0 Å². The van der Waals surface area contributed by atoms with Gasteiger partial charge in [-0.15, -0.1) is 11.3 Å². The van der Waals surface area contributed by atoms with Gasteiger partial charge in [0, 0.05) is 16.2 Å². The van der Waals surface area contributed by atoms with E-state index in [1.807, 2.05) is 38.1 Å². The van der Waals surface area contributed by atoms with Crippen LogP contribution in [0.25, 0.3) is 0 Å².